The zero-order valence-electron chi connectivity index (χ0n) is 11.3. The average molecular weight is 309 g/mol. The Morgan fingerprint density at radius 1 is 1.05 bits per heavy atom. The molecule has 19 heavy (non-hydrogen) atoms. The van der Waals surface area contributed by atoms with Crippen LogP contribution >= 0.6 is 19.2 Å². The monoisotopic (exact) mass is 308 g/mol. The molecule has 1 rings (SSSR count). The highest BCUT2D eigenvalue weighted by Crippen LogP contribution is 2.48. The molecule has 1 aromatic heterocycles. The molecule has 0 aromatic carbocycles. The number of aromatic nitrogens is 2. The summed E-state index contributed by atoms with van der Waals surface area (Å²) in [6.45, 7) is 6.88. The molecule has 7 nitrogen and oxygen atoms in total. The van der Waals surface area contributed by atoms with Gasteiger partial charge in [0.2, 0.25) is 5.57 Å². The van der Waals surface area contributed by atoms with Gasteiger partial charge in [0, 0.05) is 0 Å². The smallest absolute Gasteiger partial charge is 0.382 e. The minimum Gasteiger partial charge on any atom is -0.382 e. The van der Waals surface area contributed by atoms with E-state index in [1.165, 1.54) is 0 Å². The van der Waals surface area contributed by atoms with Crippen LogP contribution in [0.2, 0.25) is 5.02 Å². The lowest BCUT2D eigenvalue weighted by atomic mass is 10.5. The maximum atomic E-state index is 12.7. The van der Waals surface area contributed by atoms with Crippen molar-refractivity contribution in [3.63, 3.8) is 0 Å². The second-order valence-corrected chi connectivity index (χ2v) is 6.61. The minimum absolute atomic E-state index is 0.0180. The molecule has 4 N–H and O–H groups in total. The van der Waals surface area contributed by atoms with Gasteiger partial charge in [0.25, 0.3) is 0 Å². The van der Waals surface area contributed by atoms with Gasteiger partial charge < -0.3 is 20.5 Å². The third-order valence-corrected chi connectivity index (χ3v) is 4.31. The van der Waals surface area contributed by atoms with Crippen molar-refractivity contribution in [2.24, 2.45) is 0 Å². The topological polar surface area (TPSA) is 113 Å². The molecule has 0 saturated carbocycles. The van der Waals surface area contributed by atoms with E-state index in [2.05, 4.69) is 9.97 Å². The molecule has 0 aliphatic carbocycles. The van der Waals surface area contributed by atoms with Gasteiger partial charge in [0.15, 0.2) is 0 Å². The van der Waals surface area contributed by atoms with Crippen molar-refractivity contribution in [2.75, 3.05) is 11.5 Å². The van der Waals surface area contributed by atoms with Crippen molar-refractivity contribution in [1.82, 2.24) is 9.97 Å². The molecule has 0 amide bonds. The van der Waals surface area contributed by atoms with Crippen LogP contribution in [0, 0.1) is 0 Å². The Balaban J connectivity index is 3.29. The summed E-state index contributed by atoms with van der Waals surface area (Å²) in [4.78, 5) is 7.71. The Kier molecular flexibility index (Phi) is 5.15. The van der Waals surface area contributed by atoms with Crippen LogP contribution in [0.1, 0.15) is 27.7 Å². The Bertz CT molecular complexity index is 473. The highest BCUT2D eigenvalue weighted by atomic mass is 35.5. The second-order valence-electron chi connectivity index (χ2n) is 4.41. The van der Waals surface area contributed by atoms with Gasteiger partial charge in [-0.3, -0.25) is 4.57 Å². The van der Waals surface area contributed by atoms with E-state index < -0.39 is 7.60 Å². The molecule has 108 valence electrons. The number of nitrogen functional groups attached to an aromatic ring is 2. The summed E-state index contributed by atoms with van der Waals surface area (Å²) in [5.74, 6) is -0.131. The number of nitrogens with two attached hydrogens (primary N) is 2. The normalized spacial score (nSPS) is 12.4. The second kappa shape index (κ2) is 6.05. The highest BCUT2D eigenvalue weighted by molar-refractivity contribution is 7.61. The van der Waals surface area contributed by atoms with Crippen LogP contribution in [-0.4, -0.2) is 22.2 Å². The van der Waals surface area contributed by atoms with Crippen molar-refractivity contribution in [3.8, 4) is 0 Å². The largest absolute Gasteiger partial charge is 0.399 e. The molecule has 0 spiro atoms. The Morgan fingerprint density at radius 2 is 1.42 bits per heavy atom. The zero-order chi connectivity index (χ0) is 14.8. The Morgan fingerprint density at radius 3 is 1.74 bits per heavy atom. The molecule has 0 unspecified atom stereocenters. The molecule has 0 aliphatic heterocycles. The van der Waals surface area contributed by atoms with Crippen LogP contribution < -0.4 is 17.0 Å². The van der Waals surface area contributed by atoms with Gasteiger partial charge in [0.05, 0.1) is 12.2 Å². The molecular weight excluding hydrogens is 291 g/mol. The Hall–Kier alpha value is -0.880. The first-order valence-corrected chi connectivity index (χ1v) is 7.63. The van der Waals surface area contributed by atoms with Crippen LogP contribution in [-0.2, 0) is 13.6 Å². The lowest BCUT2D eigenvalue weighted by molar-refractivity contribution is 0.149. The molecule has 0 radical (unpaired) electrons. The van der Waals surface area contributed by atoms with Crippen LogP contribution in [0.4, 0.5) is 11.6 Å². The van der Waals surface area contributed by atoms with Gasteiger partial charge in [0.1, 0.15) is 16.7 Å². The van der Waals surface area contributed by atoms with Gasteiger partial charge in [-0.2, -0.15) is 0 Å². The number of nitrogens with zero attached hydrogens (tertiary/aromatic N) is 2. The van der Waals surface area contributed by atoms with Gasteiger partial charge in [-0.25, -0.2) is 9.97 Å². The van der Waals surface area contributed by atoms with E-state index in [-0.39, 0.29) is 34.4 Å². The Labute approximate surface area is 117 Å². The van der Waals surface area contributed by atoms with Gasteiger partial charge >= 0.3 is 7.60 Å². The fourth-order valence-electron chi connectivity index (χ4n) is 1.27. The first-order chi connectivity index (χ1) is 8.65. The molecule has 0 atom stereocenters. The standard InChI is InChI=1S/C10H18ClN4O3P/c1-5(2)17-19(16,18-6(3)4)10-14-8(12)7(11)9(13)15-10/h5-6H,1-4H3,(H4,12,13,14,15). The van der Waals surface area contributed by atoms with Gasteiger partial charge in [-0.15, -0.1) is 0 Å². The fourth-order valence-corrected chi connectivity index (χ4v) is 3.16. The highest BCUT2D eigenvalue weighted by Gasteiger charge is 2.35. The maximum Gasteiger partial charge on any atom is 0.399 e. The maximum absolute atomic E-state index is 12.7. The third kappa shape index (κ3) is 4.04. The third-order valence-electron chi connectivity index (χ3n) is 1.83. The summed E-state index contributed by atoms with van der Waals surface area (Å²) in [6, 6.07) is 0. The summed E-state index contributed by atoms with van der Waals surface area (Å²) in [7, 11) is -3.70. The summed E-state index contributed by atoms with van der Waals surface area (Å²) in [6.07, 6.45) is -0.683. The number of hydrogen-bond donors (Lipinski definition) is 2. The zero-order valence-corrected chi connectivity index (χ0v) is 12.9. The number of halogens is 1. The van der Waals surface area contributed by atoms with Gasteiger partial charge in [-0.05, 0) is 27.7 Å². The quantitative estimate of drug-likeness (QED) is 0.799. The average Bonchev–Trinajstić information content (AvgIpc) is 2.22. The molecule has 1 heterocycles. The lowest BCUT2D eigenvalue weighted by Crippen LogP contribution is -2.24. The summed E-state index contributed by atoms with van der Waals surface area (Å²) in [5.41, 5.74) is 11.0. The minimum atomic E-state index is -3.70. The van der Waals surface area contributed by atoms with E-state index in [0.717, 1.165) is 0 Å². The van der Waals surface area contributed by atoms with Crippen molar-refractivity contribution in [3.05, 3.63) is 5.02 Å². The molecule has 0 aliphatic rings. The van der Waals surface area contributed by atoms with E-state index in [1.54, 1.807) is 27.7 Å². The van der Waals surface area contributed by atoms with Crippen molar-refractivity contribution in [1.29, 1.82) is 0 Å². The van der Waals surface area contributed by atoms with Gasteiger partial charge in [-0.1, -0.05) is 11.6 Å². The lowest BCUT2D eigenvalue weighted by Gasteiger charge is -2.21. The van der Waals surface area contributed by atoms with E-state index in [4.69, 9.17) is 32.1 Å². The molecule has 9 heteroatoms. The molecule has 0 saturated heterocycles. The van der Waals surface area contributed by atoms with Crippen LogP contribution in [0.25, 0.3) is 0 Å². The fraction of sp³-hybridized carbons (Fsp3) is 0.600. The van der Waals surface area contributed by atoms with E-state index >= 15 is 0 Å². The van der Waals surface area contributed by atoms with E-state index in [1.807, 2.05) is 0 Å². The first-order valence-electron chi connectivity index (χ1n) is 5.71. The van der Waals surface area contributed by atoms with E-state index in [0.29, 0.717) is 0 Å². The van der Waals surface area contributed by atoms with Crippen molar-refractivity contribution >= 4 is 36.4 Å². The number of rotatable bonds is 5. The molecule has 1 aromatic rings. The number of anilines is 2. The van der Waals surface area contributed by atoms with Crippen LogP contribution in [0.5, 0.6) is 0 Å². The predicted molar refractivity (Wildman–Crippen MR) is 75.5 cm³/mol. The summed E-state index contributed by atoms with van der Waals surface area (Å²) < 4.78 is 23.4. The predicted octanol–water partition coefficient (Wildman–Crippen LogP) is 1.96. The molecule has 0 fully saturated rings. The van der Waals surface area contributed by atoms with Crippen molar-refractivity contribution in [2.45, 2.75) is 39.9 Å². The van der Waals surface area contributed by atoms with Crippen LogP contribution in [0.15, 0.2) is 0 Å². The first kappa shape index (κ1) is 16.2. The van der Waals surface area contributed by atoms with Crippen molar-refractivity contribution < 1.29 is 13.6 Å². The SMILES string of the molecule is CC(C)OP(=O)(OC(C)C)c1nc(N)c(Cl)c(N)n1. The summed E-state index contributed by atoms with van der Waals surface area (Å²) >= 11 is 5.76. The molecule has 0 bridgehead atoms. The van der Waals surface area contributed by atoms with Crippen LogP contribution in [0.3, 0.4) is 0 Å². The summed E-state index contributed by atoms with van der Waals surface area (Å²) in [5, 5.41) is 0.0180. The number of hydrogen-bond acceptors (Lipinski definition) is 7. The molecular formula is C10H18ClN4O3P. The van der Waals surface area contributed by atoms with E-state index in [9.17, 15) is 4.57 Å².